The lowest BCUT2D eigenvalue weighted by molar-refractivity contribution is 0.173. The molecule has 0 aliphatic carbocycles. The van der Waals surface area contributed by atoms with E-state index in [1.807, 2.05) is 0 Å². The predicted molar refractivity (Wildman–Crippen MR) is 60.8 cm³/mol. The van der Waals surface area contributed by atoms with E-state index < -0.39 is 11.9 Å². The highest BCUT2D eigenvalue weighted by atomic mass is 19.1. The van der Waals surface area contributed by atoms with Crippen molar-refractivity contribution in [3.8, 4) is 11.5 Å². The van der Waals surface area contributed by atoms with Crippen LogP contribution >= 0.6 is 0 Å². The van der Waals surface area contributed by atoms with Crippen LogP contribution in [-0.2, 0) is 0 Å². The third-order valence-electron chi connectivity index (χ3n) is 2.76. The summed E-state index contributed by atoms with van der Waals surface area (Å²) in [4.78, 5) is 3.85. The summed E-state index contributed by atoms with van der Waals surface area (Å²) in [7, 11) is 0. The van der Waals surface area contributed by atoms with Gasteiger partial charge in [0.2, 0.25) is 6.79 Å². The molecule has 0 saturated carbocycles. The number of ether oxygens (including phenoxy) is 2. The summed E-state index contributed by atoms with van der Waals surface area (Å²) in [5.41, 5.74) is 0.508. The van der Waals surface area contributed by atoms with E-state index in [9.17, 15) is 9.50 Å². The summed E-state index contributed by atoms with van der Waals surface area (Å²) in [5.74, 6) is 0.623. The van der Waals surface area contributed by atoms with Gasteiger partial charge in [-0.05, 0) is 29.8 Å². The second kappa shape index (κ2) is 4.27. The first-order valence-electron chi connectivity index (χ1n) is 5.44. The Labute approximate surface area is 103 Å². The van der Waals surface area contributed by atoms with Crippen LogP contribution in [0, 0.1) is 5.82 Å². The maximum Gasteiger partial charge on any atom is 0.231 e. The van der Waals surface area contributed by atoms with E-state index in [1.54, 1.807) is 18.2 Å². The summed E-state index contributed by atoms with van der Waals surface area (Å²) in [6, 6.07) is 7.71. The Hall–Kier alpha value is -2.14. The van der Waals surface area contributed by atoms with Gasteiger partial charge in [-0.15, -0.1) is 0 Å². The van der Waals surface area contributed by atoms with E-state index >= 15 is 0 Å². The zero-order chi connectivity index (χ0) is 12.5. The molecule has 1 aliphatic heterocycles. The van der Waals surface area contributed by atoms with Gasteiger partial charge in [-0.1, -0.05) is 6.07 Å². The molecule has 0 amide bonds. The largest absolute Gasteiger partial charge is 0.454 e. The Kier molecular flexibility index (Phi) is 2.60. The van der Waals surface area contributed by atoms with Crippen LogP contribution < -0.4 is 9.47 Å². The Morgan fingerprint density at radius 2 is 2.06 bits per heavy atom. The average molecular weight is 247 g/mol. The lowest BCUT2D eigenvalue weighted by Crippen LogP contribution is -2.05. The molecule has 1 N–H and O–H groups in total. The molecule has 1 aliphatic rings. The van der Waals surface area contributed by atoms with Gasteiger partial charge < -0.3 is 14.6 Å². The van der Waals surface area contributed by atoms with Crippen LogP contribution in [0.1, 0.15) is 17.4 Å². The molecule has 2 heterocycles. The Bertz CT molecular complexity index is 588. The highest BCUT2D eigenvalue weighted by molar-refractivity contribution is 5.46. The number of aromatic nitrogens is 1. The van der Waals surface area contributed by atoms with Crippen molar-refractivity contribution in [2.75, 3.05) is 6.79 Å². The van der Waals surface area contributed by atoms with Gasteiger partial charge in [0.25, 0.3) is 0 Å². The van der Waals surface area contributed by atoms with Crippen molar-refractivity contribution < 1.29 is 19.0 Å². The molecule has 0 spiro atoms. The smallest absolute Gasteiger partial charge is 0.231 e. The highest BCUT2D eigenvalue weighted by Crippen LogP contribution is 2.35. The SMILES string of the molecule is OC(c1ccc2c(c1)OCO2)c1ncccc1F. The van der Waals surface area contributed by atoms with Crippen molar-refractivity contribution in [3.63, 3.8) is 0 Å². The normalized spacial score (nSPS) is 14.6. The zero-order valence-electron chi connectivity index (χ0n) is 9.34. The van der Waals surface area contributed by atoms with Gasteiger partial charge in [0.15, 0.2) is 11.5 Å². The first kappa shape index (κ1) is 11.0. The van der Waals surface area contributed by atoms with Gasteiger partial charge in [0, 0.05) is 6.20 Å². The molecule has 0 radical (unpaired) electrons. The molecule has 5 heteroatoms. The number of nitrogens with zero attached hydrogens (tertiary/aromatic N) is 1. The van der Waals surface area contributed by atoms with Crippen LogP contribution in [0.4, 0.5) is 4.39 Å². The van der Waals surface area contributed by atoms with Crippen molar-refractivity contribution in [2.45, 2.75) is 6.10 Å². The van der Waals surface area contributed by atoms with Crippen LogP contribution in [-0.4, -0.2) is 16.9 Å². The fourth-order valence-corrected chi connectivity index (χ4v) is 1.84. The minimum Gasteiger partial charge on any atom is -0.454 e. The first-order chi connectivity index (χ1) is 8.75. The molecule has 1 unspecified atom stereocenters. The molecule has 2 aromatic rings. The van der Waals surface area contributed by atoms with Crippen molar-refractivity contribution in [1.82, 2.24) is 4.98 Å². The minimum atomic E-state index is -1.12. The first-order valence-corrected chi connectivity index (χ1v) is 5.44. The standard InChI is InChI=1S/C13H10FNO3/c14-9-2-1-5-15-12(9)13(16)8-3-4-10-11(6-8)18-7-17-10/h1-6,13,16H,7H2. The Balaban J connectivity index is 1.98. The summed E-state index contributed by atoms with van der Waals surface area (Å²) >= 11 is 0. The molecule has 1 atom stereocenters. The van der Waals surface area contributed by atoms with E-state index in [2.05, 4.69) is 4.98 Å². The fraction of sp³-hybridized carbons (Fsp3) is 0.154. The van der Waals surface area contributed by atoms with Crippen LogP contribution in [0.3, 0.4) is 0 Å². The van der Waals surface area contributed by atoms with E-state index in [0.717, 1.165) is 0 Å². The van der Waals surface area contributed by atoms with Crippen LogP contribution in [0.2, 0.25) is 0 Å². The molecule has 0 fully saturated rings. The maximum atomic E-state index is 13.5. The summed E-state index contributed by atoms with van der Waals surface area (Å²) in [6.45, 7) is 0.160. The van der Waals surface area contributed by atoms with E-state index in [0.29, 0.717) is 17.1 Å². The monoisotopic (exact) mass is 247 g/mol. The van der Waals surface area contributed by atoms with Crippen molar-refractivity contribution in [1.29, 1.82) is 0 Å². The van der Waals surface area contributed by atoms with Gasteiger partial charge in [0.1, 0.15) is 17.6 Å². The van der Waals surface area contributed by atoms with Gasteiger partial charge in [0.05, 0.1) is 0 Å². The number of rotatable bonds is 2. The average Bonchev–Trinajstić information content (AvgIpc) is 2.85. The molecule has 1 aromatic carbocycles. The number of pyridine rings is 1. The van der Waals surface area contributed by atoms with Crippen molar-refractivity contribution in [3.05, 3.63) is 53.6 Å². The predicted octanol–water partition coefficient (Wildman–Crippen LogP) is 2.03. The second-order valence-corrected chi connectivity index (χ2v) is 3.89. The molecular formula is C13H10FNO3. The Morgan fingerprint density at radius 3 is 2.89 bits per heavy atom. The maximum absolute atomic E-state index is 13.5. The van der Waals surface area contributed by atoms with E-state index in [-0.39, 0.29) is 12.5 Å². The molecular weight excluding hydrogens is 237 g/mol. The highest BCUT2D eigenvalue weighted by Gasteiger charge is 2.20. The summed E-state index contributed by atoms with van der Waals surface area (Å²) < 4.78 is 23.9. The van der Waals surface area contributed by atoms with Crippen LogP contribution in [0.5, 0.6) is 11.5 Å². The van der Waals surface area contributed by atoms with Crippen LogP contribution in [0.25, 0.3) is 0 Å². The molecule has 92 valence electrons. The molecule has 1 aromatic heterocycles. The summed E-state index contributed by atoms with van der Waals surface area (Å²) in [5, 5.41) is 10.1. The third-order valence-corrected chi connectivity index (χ3v) is 2.76. The van der Waals surface area contributed by atoms with Gasteiger partial charge in [-0.2, -0.15) is 0 Å². The molecule has 4 nitrogen and oxygen atoms in total. The number of halogens is 1. The molecule has 18 heavy (non-hydrogen) atoms. The molecule has 0 bridgehead atoms. The molecule has 0 saturated heterocycles. The topological polar surface area (TPSA) is 51.6 Å². The second-order valence-electron chi connectivity index (χ2n) is 3.89. The number of aliphatic hydroxyl groups excluding tert-OH is 1. The third kappa shape index (κ3) is 1.78. The fourth-order valence-electron chi connectivity index (χ4n) is 1.84. The number of fused-ring (bicyclic) bond motifs is 1. The van der Waals surface area contributed by atoms with Gasteiger partial charge in [-0.25, -0.2) is 4.39 Å². The number of hydrogen-bond acceptors (Lipinski definition) is 4. The number of benzene rings is 1. The number of aliphatic hydroxyl groups is 1. The summed E-state index contributed by atoms with van der Waals surface area (Å²) in [6.07, 6.45) is 0.315. The minimum absolute atomic E-state index is 0.00337. The quantitative estimate of drug-likeness (QED) is 0.882. The lowest BCUT2D eigenvalue weighted by atomic mass is 10.1. The Morgan fingerprint density at radius 1 is 1.22 bits per heavy atom. The van der Waals surface area contributed by atoms with E-state index in [4.69, 9.17) is 9.47 Å². The zero-order valence-corrected chi connectivity index (χ0v) is 9.34. The van der Waals surface area contributed by atoms with Crippen molar-refractivity contribution in [2.24, 2.45) is 0 Å². The van der Waals surface area contributed by atoms with E-state index in [1.165, 1.54) is 18.3 Å². The number of hydrogen-bond donors (Lipinski definition) is 1. The van der Waals surface area contributed by atoms with Crippen molar-refractivity contribution >= 4 is 0 Å². The van der Waals surface area contributed by atoms with Gasteiger partial charge in [-0.3, -0.25) is 4.98 Å². The lowest BCUT2D eigenvalue weighted by Gasteiger charge is -2.11. The van der Waals surface area contributed by atoms with Gasteiger partial charge >= 0.3 is 0 Å². The molecule has 3 rings (SSSR count). The van der Waals surface area contributed by atoms with Crippen LogP contribution in [0.15, 0.2) is 36.5 Å².